The first kappa shape index (κ1) is 15.1. The monoisotopic (exact) mass is 297 g/mol. The van der Waals surface area contributed by atoms with Crippen LogP contribution in [0.2, 0.25) is 0 Å². The summed E-state index contributed by atoms with van der Waals surface area (Å²) in [5.74, 6) is 0. The fraction of sp³-hybridized carbons (Fsp3) is 0.444. The highest BCUT2D eigenvalue weighted by Crippen LogP contribution is 2.24. The van der Waals surface area contributed by atoms with Gasteiger partial charge in [-0.25, -0.2) is 0 Å². The zero-order valence-corrected chi connectivity index (χ0v) is 13.1. The van der Waals surface area contributed by atoms with Crippen LogP contribution in [0, 0.1) is 0 Å². The van der Waals surface area contributed by atoms with Gasteiger partial charge in [-0.05, 0) is 25.3 Å². The Bertz CT molecular complexity index is 553. The van der Waals surface area contributed by atoms with Crippen LogP contribution in [0.1, 0.15) is 37.1 Å². The molecule has 2 heterocycles. The molecule has 1 aliphatic heterocycles. The number of ether oxygens (including phenoxy) is 1. The molecular weight excluding hydrogens is 274 g/mol. The van der Waals surface area contributed by atoms with Gasteiger partial charge in [0.2, 0.25) is 0 Å². The maximum atomic E-state index is 6.05. The van der Waals surface area contributed by atoms with E-state index in [0.717, 1.165) is 31.6 Å². The van der Waals surface area contributed by atoms with E-state index in [0.29, 0.717) is 18.8 Å². The highest BCUT2D eigenvalue weighted by molar-refractivity contribution is 5.13. The molecule has 116 valence electrons. The fourth-order valence-electron chi connectivity index (χ4n) is 2.93. The van der Waals surface area contributed by atoms with E-state index in [4.69, 9.17) is 4.74 Å². The molecule has 0 aliphatic carbocycles. The number of rotatable bonds is 5. The molecule has 1 saturated heterocycles. The Morgan fingerprint density at radius 2 is 1.95 bits per heavy atom. The Balaban J connectivity index is 1.46. The molecule has 0 N–H and O–H groups in total. The molecule has 1 aliphatic rings. The Kier molecular flexibility index (Phi) is 5.14. The maximum Gasteiger partial charge on any atom is 0.0755 e. The number of benzene rings is 1. The van der Waals surface area contributed by atoms with Gasteiger partial charge in [0.25, 0.3) is 0 Å². The molecule has 1 unspecified atom stereocenters. The van der Waals surface area contributed by atoms with E-state index in [1.807, 2.05) is 12.3 Å². The summed E-state index contributed by atoms with van der Waals surface area (Å²) >= 11 is 0. The van der Waals surface area contributed by atoms with Crippen LogP contribution in [0.25, 0.3) is 0 Å². The second-order valence-corrected chi connectivity index (χ2v) is 5.84. The van der Waals surface area contributed by atoms with Crippen molar-refractivity contribution in [2.75, 3.05) is 13.1 Å². The van der Waals surface area contributed by atoms with Crippen molar-refractivity contribution < 1.29 is 4.74 Å². The van der Waals surface area contributed by atoms with E-state index in [-0.39, 0.29) is 0 Å². The Morgan fingerprint density at radius 3 is 2.64 bits per heavy atom. The van der Waals surface area contributed by atoms with Gasteiger partial charge in [0, 0.05) is 31.7 Å². The standard InChI is InChI=1S/C18H23N3O/c1-15(18-13-19-9-10-20-18)21-11-7-17(8-12-21)22-14-16-5-3-2-4-6-16/h2-6,9-10,13,15,17H,7-8,11-12,14H2,1H3. The topological polar surface area (TPSA) is 38.2 Å². The second kappa shape index (κ2) is 7.47. The first-order valence-corrected chi connectivity index (χ1v) is 7.98. The van der Waals surface area contributed by atoms with Crippen LogP contribution >= 0.6 is 0 Å². The molecule has 4 heteroatoms. The zero-order valence-electron chi connectivity index (χ0n) is 13.1. The quantitative estimate of drug-likeness (QED) is 0.849. The Labute approximate surface area is 132 Å². The van der Waals surface area contributed by atoms with Crippen LogP contribution in [0.4, 0.5) is 0 Å². The minimum atomic E-state index is 0.323. The van der Waals surface area contributed by atoms with E-state index >= 15 is 0 Å². The lowest BCUT2D eigenvalue weighted by Gasteiger charge is -2.35. The number of aromatic nitrogens is 2. The summed E-state index contributed by atoms with van der Waals surface area (Å²) in [6.45, 7) is 5.02. The van der Waals surface area contributed by atoms with Crippen molar-refractivity contribution >= 4 is 0 Å². The average molecular weight is 297 g/mol. The number of hydrogen-bond donors (Lipinski definition) is 0. The molecular formula is C18H23N3O. The summed E-state index contributed by atoms with van der Waals surface area (Å²) in [6.07, 6.45) is 7.88. The van der Waals surface area contributed by atoms with E-state index in [1.54, 1.807) is 12.4 Å². The molecule has 1 fully saturated rings. The SMILES string of the molecule is CC(c1cnccn1)N1CCC(OCc2ccccc2)CC1. The molecule has 2 aromatic rings. The van der Waals surface area contributed by atoms with Crippen molar-refractivity contribution in [2.45, 2.75) is 38.5 Å². The molecule has 22 heavy (non-hydrogen) atoms. The van der Waals surface area contributed by atoms with Gasteiger partial charge < -0.3 is 4.74 Å². The zero-order chi connectivity index (χ0) is 15.2. The van der Waals surface area contributed by atoms with Crippen molar-refractivity contribution in [1.82, 2.24) is 14.9 Å². The molecule has 0 saturated carbocycles. The fourth-order valence-corrected chi connectivity index (χ4v) is 2.93. The number of likely N-dealkylation sites (tertiary alicyclic amines) is 1. The van der Waals surface area contributed by atoms with Crippen LogP contribution in [0.5, 0.6) is 0 Å². The molecule has 4 nitrogen and oxygen atoms in total. The number of nitrogens with zero attached hydrogens (tertiary/aromatic N) is 3. The predicted molar refractivity (Wildman–Crippen MR) is 86.3 cm³/mol. The van der Waals surface area contributed by atoms with E-state index < -0.39 is 0 Å². The third-order valence-electron chi connectivity index (χ3n) is 4.36. The van der Waals surface area contributed by atoms with Crippen molar-refractivity contribution in [1.29, 1.82) is 0 Å². The van der Waals surface area contributed by atoms with Gasteiger partial charge in [0.05, 0.1) is 24.4 Å². The molecule has 0 radical (unpaired) electrons. The van der Waals surface area contributed by atoms with Gasteiger partial charge in [-0.15, -0.1) is 0 Å². The van der Waals surface area contributed by atoms with E-state index in [9.17, 15) is 0 Å². The van der Waals surface area contributed by atoms with Gasteiger partial charge in [-0.3, -0.25) is 14.9 Å². The smallest absolute Gasteiger partial charge is 0.0755 e. The Hall–Kier alpha value is -1.78. The van der Waals surface area contributed by atoms with Gasteiger partial charge in [0.1, 0.15) is 0 Å². The van der Waals surface area contributed by atoms with E-state index in [2.05, 4.69) is 46.1 Å². The minimum Gasteiger partial charge on any atom is -0.373 e. The minimum absolute atomic E-state index is 0.323. The van der Waals surface area contributed by atoms with Crippen molar-refractivity contribution in [3.63, 3.8) is 0 Å². The van der Waals surface area contributed by atoms with Crippen molar-refractivity contribution in [3.8, 4) is 0 Å². The van der Waals surface area contributed by atoms with Gasteiger partial charge in [-0.1, -0.05) is 30.3 Å². The predicted octanol–water partition coefficient (Wildman–Crippen LogP) is 3.22. The first-order chi connectivity index (χ1) is 10.8. The highest BCUT2D eigenvalue weighted by atomic mass is 16.5. The average Bonchev–Trinajstić information content (AvgIpc) is 2.61. The van der Waals surface area contributed by atoms with Crippen LogP contribution < -0.4 is 0 Å². The lowest BCUT2D eigenvalue weighted by Crippen LogP contribution is -2.38. The molecule has 1 aromatic heterocycles. The summed E-state index contributed by atoms with van der Waals surface area (Å²) in [6, 6.07) is 10.7. The molecule has 0 amide bonds. The van der Waals surface area contributed by atoms with Gasteiger partial charge in [-0.2, -0.15) is 0 Å². The molecule has 1 aromatic carbocycles. The van der Waals surface area contributed by atoms with Crippen molar-refractivity contribution in [3.05, 3.63) is 60.2 Å². The second-order valence-electron chi connectivity index (χ2n) is 5.84. The third kappa shape index (κ3) is 3.90. The normalized spacial score (nSPS) is 18.2. The van der Waals surface area contributed by atoms with Gasteiger partial charge in [0.15, 0.2) is 0 Å². The van der Waals surface area contributed by atoms with Crippen molar-refractivity contribution in [2.24, 2.45) is 0 Å². The number of piperidine rings is 1. The summed E-state index contributed by atoms with van der Waals surface area (Å²) in [4.78, 5) is 11.0. The van der Waals surface area contributed by atoms with Crippen LogP contribution in [0.15, 0.2) is 48.9 Å². The third-order valence-corrected chi connectivity index (χ3v) is 4.36. The van der Waals surface area contributed by atoms with Crippen LogP contribution in [-0.2, 0) is 11.3 Å². The summed E-state index contributed by atoms with van der Waals surface area (Å²) < 4.78 is 6.05. The largest absolute Gasteiger partial charge is 0.373 e. The molecule has 0 spiro atoms. The maximum absolute atomic E-state index is 6.05. The summed E-state index contributed by atoms with van der Waals surface area (Å²) in [7, 11) is 0. The first-order valence-electron chi connectivity index (χ1n) is 7.98. The van der Waals surface area contributed by atoms with Crippen LogP contribution in [0.3, 0.4) is 0 Å². The molecule has 3 rings (SSSR count). The Morgan fingerprint density at radius 1 is 1.18 bits per heavy atom. The lowest BCUT2D eigenvalue weighted by molar-refractivity contribution is -0.0101. The number of hydrogen-bond acceptors (Lipinski definition) is 4. The summed E-state index contributed by atoms with van der Waals surface area (Å²) in [5, 5.41) is 0. The molecule has 1 atom stereocenters. The van der Waals surface area contributed by atoms with Crippen LogP contribution in [-0.4, -0.2) is 34.1 Å². The highest BCUT2D eigenvalue weighted by Gasteiger charge is 2.24. The van der Waals surface area contributed by atoms with E-state index in [1.165, 1.54) is 5.56 Å². The summed E-state index contributed by atoms with van der Waals surface area (Å²) in [5.41, 5.74) is 2.30. The molecule has 0 bridgehead atoms. The van der Waals surface area contributed by atoms with Gasteiger partial charge >= 0.3 is 0 Å². The lowest BCUT2D eigenvalue weighted by atomic mass is 10.0.